The molecule has 3 rings (SSSR count). The predicted molar refractivity (Wildman–Crippen MR) is 83.1 cm³/mol. The second kappa shape index (κ2) is 5.77. The van der Waals surface area contributed by atoms with Gasteiger partial charge in [0.25, 0.3) is 0 Å². The molecule has 0 saturated carbocycles. The number of aromatic nitrogens is 2. The van der Waals surface area contributed by atoms with Gasteiger partial charge >= 0.3 is 0 Å². The number of H-pyrrole nitrogens is 1. The number of rotatable bonds is 4. The Kier molecular flexibility index (Phi) is 3.65. The second-order valence-electron chi connectivity index (χ2n) is 4.88. The number of nitrogens with one attached hydrogen (secondary N) is 2. The molecule has 0 aliphatic heterocycles. The van der Waals surface area contributed by atoms with Crippen LogP contribution in [0.1, 0.15) is 5.56 Å². The number of hydrogen-bond acceptors (Lipinski definition) is 4. The number of amides is 1. The van der Waals surface area contributed by atoms with Crippen LogP contribution < -0.4 is 10.1 Å². The van der Waals surface area contributed by atoms with Gasteiger partial charge in [-0.1, -0.05) is 12.1 Å². The summed E-state index contributed by atoms with van der Waals surface area (Å²) in [7, 11) is 1.60. The lowest BCUT2D eigenvalue weighted by atomic mass is 10.1. The standard InChI is InChI=1S/C16H15N3O3/c1-22-12-5-2-10(3-6-12)8-15(21)17-16-13-9-11(20)4-7-14(13)18-19-16/h2-7,9,20H,8H2,1H3,(H2,17,18,19,21). The van der Waals surface area contributed by atoms with Gasteiger partial charge in [0.15, 0.2) is 5.82 Å². The highest BCUT2D eigenvalue weighted by atomic mass is 16.5. The molecule has 0 atom stereocenters. The van der Waals surface area contributed by atoms with Crippen molar-refractivity contribution in [3.8, 4) is 11.5 Å². The minimum atomic E-state index is -0.179. The largest absolute Gasteiger partial charge is 0.508 e. The molecule has 0 aliphatic rings. The number of nitrogens with zero attached hydrogens (tertiary/aromatic N) is 1. The van der Waals surface area contributed by atoms with Crippen LogP contribution in [0.4, 0.5) is 5.82 Å². The molecule has 0 spiro atoms. The number of fused-ring (bicyclic) bond motifs is 1. The number of ether oxygens (including phenoxy) is 1. The Morgan fingerprint density at radius 1 is 1.27 bits per heavy atom. The summed E-state index contributed by atoms with van der Waals surface area (Å²) in [6.07, 6.45) is 0.233. The van der Waals surface area contributed by atoms with Crippen molar-refractivity contribution in [1.29, 1.82) is 0 Å². The average molecular weight is 297 g/mol. The van der Waals surface area contributed by atoms with Crippen molar-refractivity contribution in [2.75, 3.05) is 12.4 Å². The van der Waals surface area contributed by atoms with Crippen molar-refractivity contribution in [2.45, 2.75) is 6.42 Å². The summed E-state index contributed by atoms with van der Waals surface area (Å²) >= 11 is 0. The monoisotopic (exact) mass is 297 g/mol. The number of aromatic hydroxyl groups is 1. The maximum absolute atomic E-state index is 12.1. The Bertz CT molecular complexity index is 809. The third-order valence-electron chi connectivity index (χ3n) is 3.33. The number of benzene rings is 2. The van der Waals surface area contributed by atoms with Gasteiger partial charge in [-0.2, -0.15) is 5.10 Å². The third kappa shape index (κ3) is 2.85. The molecule has 0 radical (unpaired) electrons. The van der Waals surface area contributed by atoms with Crippen LogP contribution >= 0.6 is 0 Å². The van der Waals surface area contributed by atoms with Gasteiger partial charge in [-0.15, -0.1) is 0 Å². The van der Waals surface area contributed by atoms with E-state index < -0.39 is 0 Å². The van der Waals surface area contributed by atoms with E-state index in [1.165, 1.54) is 0 Å². The molecule has 0 bridgehead atoms. The van der Waals surface area contributed by atoms with Gasteiger partial charge < -0.3 is 15.2 Å². The summed E-state index contributed by atoms with van der Waals surface area (Å²) in [6, 6.07) is 12.1. The van der Waals surface area contributed by atoms with Gasteiger partial charge in [-0.25, -0.2) is 0 Å². The van der Waals surface area contributed by atoms with Crippen molar-refractivity contribution in [2.24, 2.45) is 0 Å². The molecule has 0 fully saturated rings. The minimum Gasteiger partial charge on any atom is -0.508 e. The van der Waals surface area contributed by atoms with E-state index in [1.54, 1.807) is 25.3 Å². The lowest BCUT2D eigenvalue weighted by molar-refractivity contribution is -0.115. The fourth-order valence-electron chi connectivity index (χ4n) is 2.20. The molecule has 1 amide bonds. The smallest absolute Gasteiger partial charge is 0.230 e. The topological polar surface area (TPSA) is 87.2 Å². The lowest BCUT2D eigenvalue weighted by Gasteiger charge is -2.04. The number of aromatic amines is 1. The van der Waals surface area contributed by atoms with E-state index >= 15 is 0 Å². The highest BCUT2D eigenvalue weighted by Gasteiger charge is 2.10. The molecular weight excluding hydrogens is 282 g/mol. The maximum atomic E-state index is 12.1. The van der Waals surface area contributed by atoms with Crippen LogP contribution in [-0.4, -0.2) is 28.3 Å². The van der Waals surface area contributed by atoms with Crippen LogP contribution in [0.2, 0.25) is 0 Å². The first kappa shape index (κ1) is 13.9. The summed E-state index contributed by atoms with van der Waals surface area (Å²) in [4.78, 5) is 12.1. The first-order valence-corrected chi connectivity index (χ1v) is 6.75. The number of anilines is 1. The van der Waals surface area contributed by atoms with E-state index in [2.05, 4.69) is 15.5 Å². The Hall–Kier alpha value is -3.02. The Morgan fingerprint density at radius 2 is 2.05 bits per heavy atom. The molecule has 2 aromatic carbocycles. The number of hydrogen-bond donors (Lipinski definition) is 3. The van der Waals surface area contributed by atoms with E-state index in [4.69, 9.17) is 4.74 Å². The zero-order valence-corrected chi connectivity index (χ0v) is 12.0. The fraction of sp³-hybridized carbons (Fsp3) is 0.125. The van der Waals surface area contributed by atoms with E-state index in [1.807, 2.05) is 24.3 Å². The number of carbonyl (C=O) groups is 1. The normalized spacial score (nSPS) is 10.6. The van der Waals surface area contributed by atoms with Crippen molar-refractivity contribution >= 4 is 22.6 Å². The van der Waals surface area contributed by atoms with Gasteiger partial charge in [0.2, 0.25) is 5.91 Å². The summed E-state index contributed by atoms with van der Waals surface area (Å²) in [6.45, 7) is 0. The van der Waals surface area contributed by atoms with Crippen LogP contribution in [0.5, 0.6) is 11.5 Å². The fourth-order valence-corrected chi connectivity index (χ4v) is 2.20. The molecule has 3 N–H and O–H groups in total. The highest BCUT2D eigenvalue weighted by molar-refractivity contribution is 6.00. The Balaban J connectivity index is 1.73. The van der Waals surface area contributed by atoms with E-state index in [-0.39, 0.29) is 18.1 Å². The molecule has 0 saturated heterocycles. The van der Waals surface area contributed by atoms with Gasteiger partial charge in [-0.3, -0.25) is 9.89 Å². The van der Waals surface area contributed by atoms with Crippen molar-refractivity contribution in [3.63, 3.8) is 0 Å². The van der Waals surface area contributed by atoms with Crippen LogP contribution in [0.15, 0.2) is 42.5 Å². The summed E-state index contributed by atoms with van der Waals surface area (Å²) in [5, 5.41) is 19.8. The van der Waals surface area contributed by atoms with Crippen LogP contribution in [0, 0.1) is 0 Å². The van der Waals surface area contributed by atoms with Crippen molar-refractivity contribution < 1.29 is 14.6 Å². The van der Waals surface area contributed by atoms with Crippen LogP contribution in [0.25, 0.3) is 10.9 Å². The lowest BCUT2D eigenvalue weighted by Crippen LogP contribution is -2.14. The van der Waals surface area contributed by atoms with Gasteiger partial charge in [0.1, 0.15) is 11.5 Å². The molecule has 3 aromatic rings. The molecule has 6 nitrogen and oxygen atoms in total. The van der Waals surface area contributed by atoms with E-state index in [0.717, 1.165) is 16.8 Å². The molecule has 1 heterocycles. The average Bonchev–Trinajstić information content (AvgIpc) is 2.90. The molecule has 1 aromatic heterocycles. The second-order valence-corrected chi connectivity index (χ2v) is 4.88. The SMILES string of the molecule is COc1ccc(CC(=O)Nc2n[nH]c3ccc(O)cc23)cc1. The Labute approximate surface area is 126 Å². The van der Waals surface area contributed by atoms with Crippen molar-refractivity contribution in [1.82, 2.24) is 10.2 Å². The number of carbonyl (C=O) groups excluding carboxylic acids is 1. The zero-order chi connectivity index (χ0) is 15.5. The quantitative estimate of drug-likeness (QED) is 0.690. The number of phenols is 1. The maximum Gasteiger partial charge on any atom is 0.230 e. The zero-order valence-electron chi connectivity index (χ0n) is 12.0. The van der Waals surface area contributed by atoms with E-state index in [0.29, 0.717) is 11.2 Å². The van der Waals surface area contributed by atoms with Gasteiger partial charge in [0, 0.05) is 5.39 Å². The van der Waals surface area contributed by atoms with Crippen LogP contribution in [0.3, 0.4) is 0 Å². The molecule has 112 valence electrons. The Morgan fingerprint density at radius 3 is 2.77 bits per heavy atom. The highest BCUT2D eigenvalue weighted by Crippen LogP contribution is 2.24. The van der Waals surface area contributed by atoms with E-state index in [9.17, 15) is 9.90 Å². The predicted octanol–water partition coefficient (Wildman–Crippen LogP) is 2.46. The van der Waals surface area contributed by atoms with Gasteiger partial charge in [-0.05, 0) is 35.9 Å². The summed E-state index contributed by atoms with van der Waals surface area (Å²) in [5.74, 6) is 1.10. The molecular formula is C16H15N3O3. The minimum absolute atomic E-state index is 0.125. The third-order valence-corrected chi connectivity index (χ3v) is 3.33. The molecule has 22 heavy (non-hydrogen) atoms. The molecule has 6 heteroatoms. The summed E-state index contributed by atoms with van der Waals surface area (Å²) in [5.41, 5.74) is 1.62. The first-order valence-electron chi connectivity index (χ1n) is 6.75. The van der Waals surface area contributed by atoms with Gasteiger partial charge in [0.05, 0.1) is 19.0 Å². The number of methoxy groups -OCH3 is 1. The first-order chi connectivity index (χ1) is 10.7. The number of phenolic OH excluding ortho intramolecular Hbond substituents is 1. The summed E-state index contributed by atoms with van der Waals surface area (Å²) < 4.78 is 5.08. The molecule has 0 unspecified atom stereocenters. The van der Waals surface area contributed by atoms with Crippen LogP contribution in [-0.2, 0) is 11.2 Å². The van der Waals surface area contributed by atoms with Crippen molar-refractivity contribution in [3.05, 3.63) is 48.0 Å². The molecule has 0 aliphatic carbocycles.